The highest BCUT2D eigenvalue weighted by Crippen LogP contribution is 2.22. The second kappa shape index (κ2) is 9.77. The standard InChI is InChI=1S/C17H27ClN6S/c1-5-13(3)21-17(23(4)11-14-7-8-15(18)25-14)19-9-10-24-12-20-22-16(24)6-2/h7-8,12-13H,5-6,9-11H2,1-4H3,(H,19,21). The van der Waals surface area contributed by atoms with Gasteiger partial charge in [0.2, 0.25) is 0 Å². The van der Waals surface area contributed by atoms with E-state index < -0.39 is 0 Å². The fourth-order valence-corrected chi connectivity index (χ4v) is 3.49. The Morgan fingerprint density at radius 2 is 2.24 bits per heavy atom. The molecule has 138 valence electrons. The van der Waals surface area contributed by atoms with Gasteiger partial charge in [0.25, 0.3) is 0 Å². The van der Waals surface area contributed by atoms with E-state index in [1.807, 2.05) is 6.07 Å². The zero-order valence-corrected chi connectivity index (χ0v) is 16.9. The van der Waals surface area contributed by atoms with Crippen LogP contribution < -0.4 is 5.32 Å². The van der Waals surface area contributed by atoms with E-state index in [2.05, 4.69) is 58.9 Å². The Hall–Kier alpha value is -1.60. The van der Waals surface area contributed by atoms with Crippen LogP contribution in [0.1, 0.15) is 37.9 Å². The van der Waals surface area contributed by atoms with Crippen LogP contribution in [-0.4, -0.2) is 45.3 Å². The molecule has 0 saturated carbocycles. The van der Waals surface area contributed by atoms with Gasteiger partial charge >= 0.3 is 0 Å². The average Bonchev–Trinajstić information content (AvgIpc) is 3.22. The third-order valence-corrected chi connectivity index (χ3v) is 5.20. The summed E-state index contributed by atoms with van der Waals surface area (Å²) in [5.41, 5.74) is 0. The number of hydrogen-bond acceptors (Lipinski definition) is 4. The number of nitrogens with zero attached hydrogens (tertiary/aromatic N) is 5. The third kappa shape index (κ3) is 6.01. The lowest BCUT2D eigenvalue weighted by molar-refractivity contribution is 0.461. The first-order chi connectivity index (χ1) is 12.0. The highest BCUT2D eigenvalue weighted by atomic mass is 35.5. The number of halogens is 1. The first kappa shape index (κ1) is 19.7. The van der Waals surface area contributed by atoms with E-state index >= 15 is 0 Å². The molecule has 0 bridgehead atoms. The van der Waals surface area contributed by atoms with Crippen LogP contribution in [0.5, 0.6) is 0 Å². The van der Waals surface area contributed by atoms with E-state index in [9.17, 15) is 0 Å². The predicted molar refractivity (Wildman–Crippen MR) is 105 cm³/mol. The highest BCUT2D eigenvalue weighted by Gasteiger charge is 2.11. The number of nitrogens with one attached hydrogen (secondary N) is 1. The molecule has 1 unspecified atom stereocenters. The van der Waals surface area contributed by atoms with Crippen LogP contribution in [0, 0.1) is 0 Å². The zero-order valence-electron chi connectivity index (χ0n) is 15.4. The normalized spacial score (nSPS) is 13.1. The highest BCUT2D eigenvalue weighted by molar-refractivity contribution is 7.16. The van der Waals surface area contributed by atoms with Gasteiger partial charge in [-0.25, -0.2) is 0 Å². The van der Waals surface area contributed by atoms with Gasteiger partial charge in [0.1, 0.15) is 12.2 Å². The van der Waals surface area contributed by atoms with Crippen LogP contribution in [-0.2, 0) is 19.5 Å². The topological polar surface area (TPSA) is 58.3 Å². The molecule has 0 aromatic carbocycles. The average molecular weight is 383 g/mol. The summed E-state index contributed by atoms with van der Waals surface area (Å²) in [4.78, 5) is 8.15. The molecule has 6 nitrogen and oxygen atoms in total. The zero-order chi connectivity index (χ0) is 18.2. The molecular formula is C17H27ClN6S. The molecule has 0 spiro atoms. The Morgan fingerprint density at radius 1 is 1.44 bits per heavy atom. The molecule has 0 saturated heterocycles. The van der Waals surface area contributed by atoms with Crippen molar-refractivity contribution in [3.63, 3.8) is 0 Å². The SMILES string of the molecule is CCc1nncn1CCN=C(NC(C)CC)N(C)Cc1ccc(Cl)s1. The maximum absolute atomic E-state index is 6.04. The molecule has 25 heavy (non-hydrogen) atoms. The van der Waals surface area contributed by atoms with Crippen LogP contribution in [0.4, 0.5) is 0 Å². The van der Waals surface area contributed by atoms with Gasteiger partial charge in [0.15, 0.2) is 5.96 Å². The Bertz CT molecular complexity index is 680. The number of guanidine groups is 1. The maximum atomic E-state index is 6.04. The molecule has 8 heteroatoms. The van der Waals surface area contributed by atoms with E-state index in [4.69, 9.17) is 16.6 Å². The minimum absolute atomic E-state index is 0.370. The minimum Gasteiger partial charge on any atom is -0.354 e. The second-order valence-electron chi connectivity index (χ2n) is 6.01. The lowest BCUT2D eigenvalue weighted by Gasteiger charge is -2.24. The quantitative estimate of drug-likeness (QED) is 0.561. The number of aliphatic imine (C=N–C) groups is 1. The number of aromatic nitrogens is 3. The van der Waals surface area contributed by atoms with E-state index in [-0.39, 0.29) is 0 Å². The number of aryl methyl sites for hydroxylation is 1. The Labute approximate surface area is 158 Å². The monoisotopic (exact) mass is 382 g/mol. The molecule has 1 atom stereocenters. The summed E-state index contributed by atoms with van der Waals surface area (Å²) in [7, 11) is 2.05. The maximum Gasteiger partial charge on any atom is 0.194 e. The number of rotatable bonds is 8. The molecule has 0 amide bonds. The van der Waals surface area contributed by atoms with Gasteiger partial charge in [-0.3, -0.25) is 4.99 Å². The van der Waals surface area contributed by atoms with Crippen LogP contribution in [0.25, 0.3) is 0 Å². The van der Waals surface area contributed by atoms with Gasteiger partial charge in [0.05, 0.1) is 17.4 Å². The van der Waals surface area contributed by atoms with Gasteiger partial charge in [-0.1, -0.05) is 25.4 Å². The molecule has 2 aromatic rings. The summed E-state index contributed by atoms with van der Waals surface area (Å²) in [6, 6.07) is 4.37. The van der Waals surface area contributed by atoms with Crippen molar-refractivity contribution in [3.8, 4) is 0 Å². The molecular weight excluding hydrogens is 356 g/mol. The van der Waals surface area contributed by atoms with Crippen molar-refractivity contribution < 1.29 is 0 Å². The molecule has 0 aliphatic heterocycles. The van der Waals surface area contributed by atoms with Crippen molar-refractivity contribution in [2.24, 2.45) is 4.99 Å². The van der Waals surface area contributed by atoms with Crippen molar-refractivity contribution in [2.45, 2.75) is 52.7 Å². The first-order valence-electron chi connectivity index (χ1n) is 8.66. The van der Waals surface area contributed by atoms with Gasteiger partial charge in [-0.05, 0) is 25.5 Å². The minimum atomic E-state index is 0.370. The summed E-state index contributed by atoms with van der Waals surface area (Å²) in [5.74, 6) is 1.90. The summed E-state index contributed by atoms with van der Waals surface area (Å²) >= 11 is 7.64. The Morgan fingerprint density at radius 3 is 2.88 bits per heavy atom. The molecule has 0 radical (unpaired) electrons. The Kier molecular flexibility index (Phi) is 7.71. The van der Waals surface area contributed by atoms with Gasteiger partial charge in [-0.15, -0.1) is 21.5 Å². The summed E-state index contributed by atoms with van der Waals surface area (Å²) in [6.45, 7) is 8.66. The number of hydrogen-bond donors (Lipinski definition) is 1. The molecule has 1 N–H and O–H groups in total. The van der Waals surface area contributed by atoms with Crippen LogP contribution in [0.3, 0.4) is 0 Å². The molecule has 0 aliphatic carbocycles. The fourth-order valence-electron chi connectivity index (χ4n) is 2.35. The van der Waals surface area contributed by atoms with Crippen LogP contribution in [0.2, 0.25) is 4.34 Å². The molecule has 2 aromatic heterocycles. The van der Waals surface area contributed by atoms with E-state index in [0.29, 0.717) is 12.6 Å². The second-order valence-corrected chi connectivity index (χ2v) is 7.81. The third-order valence-electron chi connectivity index (χ3n) is 3.99. The van der Waals surface area contributed by atoms with Gasteiger partial charge in [-0.2, -0.15) is 0 Å². The summed E-state index contributed by atoms with van der Waals surface area (Å²) < 4.78 is 2.88. The largest absolute Gasteiger partial charge is 0.354 e. The van der Waals surface area contributed by atoms with Crippen LogP contribution >= 0.6 is 22.9 Å². The summed E-state index contributed by atoms with van der Waals surface area (Å²) in [5, 5.41) is 11.6. The fraction of sp³-hybridized carbons (Fsp3) is 0.588. The van der Waals surface area contributed by atoms with Crippen LogP contribution in [0.15, 0.2) is 23.5 Å². The van der Waals surface area contributed by atoms with Crippen molar-refractivity contribution in [2.75, 3.05) is 13.6 Å². The predicted octanol–water partition coefficient (Wildman–Crippen LogP) is 3.43. The van der Waals surface area contributed by atoms with E-state index in [1.54, 1.807) is 17.7 Å². The van der Waals surface area contributed by atoms with Gasteiger partial charge < -0.3 is 14.8 Å². The summed E-state index contributed by atoms with van der Waals surface area (Å²) in [6.07, 6.45) is 3.69. The van der Waals surface area contributed by atoms with Crippen molar-refractivity contribution in [1.82, 2.24) is 25.0 Å². The van der Waals surface area contributed by atoms with Crippen molar-refractivity contribution in [3.05, 3.63) is 33.5 Å². The molecule has 2 rings (SSSR count). The van der Waals surface area contributed by atoms with E-state index in [0.717, 1.165) is 42.1 Å². The van der Waals surface area contributed by atoms with Gasteiger partial charge in [0, 0.05) is 30.9 Å². The van der Waals surface area contributed by atoms with E-state index in [1.165, 1.54) is 4.88 Å². The smallest absolute Gasteiger partial charge is 0.194 e. The van der Waals surface area contributed by atoms with Crippen molar-refractivity contribution in [1.29, 1.82) is 0 Å². The van der Waals surface area contributed by atoms with Crippen molar-refractivity contribution >= 4 is 28.9 Å². The lowest BCUT2D eigenvalue weighted by atomic mass is 10.3. The number of thiophene rings is 1. The molecule has 0 fully saturated rings. The first-order valence-corrected chi connectivity index (χ1v) is 9.85. The molecule has 0 aliphatic rings. The Balaban J connectivity index is 2.02. The molecule has 2 heterocycles. The lowest BCUT2D eigenvalue weighted by Crippen LogP contribution is -2.43.